The summed E-state index contributed by atoms with van der Waals surface area (Å²) in [6.45, 7) is 20.7. The van der Waals surface area contributed by atoms with Crippen LogP contribution < -0.4 is 4.43 Å². The highest BCUT2D eigenvalue weighted by Gasteiger charge is 2.46. The lowest BCUT2D eigenvalue weighted by Crippen LogP contribution is -2.50. The van der Waals surface area contributed by atoms with Crippen molar-refractivity contribution in [2.75, 3.05) is 0 Å². The van der Waals surface area contributed by atoms with Gasteiger partial charge in [0.2, 0.25) is 0 Å². The summed E-state index contributed by atoms with van der Waals surface area (Å²) in [5.74, 6) is 1.64. The average molecular weight is 307 g/mol. The fourth-order valence-corrected chi connectivity index (χ4v) is 9.16. The molecule has 0 radical (unpaired) electrons. The monoisotopic (exact) mass is 306 g/mol. The topological polar surface area (TPSA) is 9.23 Å². The second kappa shape index (κ2) is 7.00. The van der Waals surface area contributed by atoms with Crippen molar-refractivity contribution in [1.29, 1.82) is 0 Å². The molecule has 0 saturated heterocycles. The van der Waals surface area contributed by atoms with Gasteiger partial charge in [0.05, 0.1) is 0 Å². The Labute approximate surface area is 133 Å². The van der Waals surface area contributed by atoms with Crippen molar-refractivity contribution in [3.05, 3.63) is 29.3 Å². The Bertz CT molecular complexity index is 439. The van der Waals surface area contributed by atoms with Crippen LogP contribution in [0.2, 0.25) is 16.6 Å². The molecule has 1 aromatic rings. The van der Waals surface area contributed by atoms with Crippen molar-refractivity contribution in [3.63, 3.8) is 0 Å². The van der Waals surface area contributed by atoms with Gasteiger partial charge in [0.1, 0.15) is 5.75 Å². The number of hydrogen-bond acceptors (Lipinski definition) is 1. The largest absolute Gasteiger partial charge is 0.543 e. The van der Waals surface area contributed by atoms with E-state index in [1.54, 1.807) is 0 Å². The van der Waals surface area contributed by atoms with Crippen molar-refractivity contribution < 1.29 is 4.43 Å². The second-order valence-corrected chi connectivity index (χ2v) is 13.0. The molecule has 1 nitrogen and oxygen atoms in total. The number of hydrogen-bond donors (Lipinski definition) is 0. The maximum Gasteiger partial charge on any atom is 0.258 e. The summed E-state index contributed by atoms with van der Waals surface area (Å²) in [4.78, 5) is 0. The zero-order valence-corrected chi connectivity index (χ0v) is 16.4. The predicted molar refractivity (Wildman–Crippen MR) is 96.9 cm³/mol. The molecule has 0 aliphatic heterocycles. The average Bonchev–Trinajstić information content (AvgIpc) is 2.34. The van der Waals surface area contributed by atoms with E-state index in [0.29, 0.717) is 22.5 Å². The van der Waals surface area contributed by atoms with Crippen LogP contribution in [0.4, 0.5) is 0 Å². The van der Waals surface area contributed by atoms with Crippen LogP contribution in [-0.2, 0) is 0 Å². The van der Waals surface area contributed by atoms with Crippen LogP contribution in [0.3, 0.4) is 0 Å². The Morgan fingerprint density at radius 1 is 0.810 bits per heavy atom. The van der Waals surface area contributed by atoms with Crippen molar-refractivity contribution in [2.45, 2.75) is 84.9 Å². The standard InChI is InChI=1S/C19H34OSi/c1-13(2)19-11-10-18(12-17(19)9)20-21(14(3)4,15(5)6)16(7)8/h10-16H,1-9H3. The van der Waals surface area contributed by atoms with Gasteiger partial charge < -0.3 is 4.43 Å². The van der Waals surface area contributed by atoms with Crippen LogP contribution in [0.5, 0.6) is 5.75 Å². The highest BCUT2D eigenvalue weighted by molar-refractivity contribution is 6.78. The SMILES string of the molecule is Cc1cc(O[Si](C(C)C)(C(C)C)C(C)C)ccc1C(C)C. The van der Waals surface area contributed by atoms with Gasteiger partial charge in [0.15, 0.2) is 0 Å². The Morgan fingerprint density at radius 3 is 1.62 bits per heavy atom. The first-order valence-corrected chi connectivity index (χ1v) is 10.6. The molecule has 0 N–H and O–H groups in total. The molecule has 21 heavy (non-hydrogen) atoms. The van der Waals surface area contributed by atoms with Gasteiger partial charge in [0, 0.05) is 0 Å². The molecule has 0 saturated carbocycles. The predicted octanol–water partition coefficient (Wildman–Crippen LogP) is 6.67. The van der Waals surface area contributed by atoms with E-state index in [1.165, 1.54) is 11.1 Å². The van der Waals surface area contributed by atoms with E-state index in [2.05, 4.69) is 80.5 Å². The van der Waals surface area contributed by atoms with E-state index in [9.17, 15) is 0 Å². The van der Waals surface area contributed by atoms with Crippen LogP contribution in [0.25, 0.3) is 0 Å². The zero-order chi connectivity index (χ0) is 16.4. The van der Waals surface area contributed by atoms with Gasteiger partial charge in [-0.3, -0.25) is 0 Å². The van der Waals surface area contributed by atoms with Crippen LogP contribution >= 0.6 is 0 Å². The Balaban J connectivity index is 3.19. The molecule has 0 unspecified atom stereocenters. The van der Waals surface area contributed by atoms with E-state index < -0.39 is 8.32 Å². The lowest BCUT2D eigenvalue weighted by molar-refractivity contribution is 0.479. The fraction of sp³-hybridized carbons (Fsp3) is 0.684. The molecule has 0 atom stereocenters. The molecular formula is C19H34OSi. The molecule has 1 aromatic carbocycles. The summed E-state index contributed by atoms with van der Waals surface area (Å²) in [5.41, 5.74) is 4.61. The molecule has 0 bridgehead atoms. The summed E-state index contributed by atoms with van der Waals surface area (Å²) in [7, 11) is -1.84. The Kier molecular flexibility index (Phi) is 6.09. The molecule has 0 fully saturated rings. The molecule has 120 valence electrons. The zero-order valence-electron chi connectivity index (χ0n) is 15.4. The number of aryl methyl sites for hydroxylation is 1. The highest BCUT2D eigenvalue weighted by Crippen LogP contribution is 2.43. The maximum absolute atomic E-state index is 6.74. The Morgan fingerprint density at radius 2 is 1.29 bits per heavy atom. The minimum Gasteiger partial charge on any atom is -0.543 e. The van der Waals surface area contributed by atoms with Crippen molar-refractivity contribution >= 4 is 8.32 Å². The summed E-state index contributed by atoms with van der Waals surface area (Å²) in [6, 6.07) is 6.66. The van der Waals surface area contributed by atoms with Gasteiger partial charge in [-0.15, -0.1) is 0 Å². The third-order valence-electron chi connectivity index (χ3n) is 4.87. The van der Waals surface area contributed by atoms with Gasteiger partial charge in [-0.05, 0) is 52.7 Å². The number of rotatable bonds is 6. The minimum atomic E-state index is -1.84. The van der Waals surface area contributed by atoms with E-state index in [0.717, 1.165) is 5.75 Å². The van der Waals surface area contributed by atoms with Crippen molar-refractivity contribution in [2.24, 2.45) is 0 Å². The Hall–Kier alpha value is -0.763. The lowest BCUT2D eigenvalue weighted by Gasteiger charge is -2.42. The van der Waals surface area contributed by atoms with Gasteiger partial charge in [-0.1, -0.05) is 61.5 Å². The molecule has 0 spiro atoms. The summed E-state index contributed by atoms with van der Waals surface area (Å²) >= 11 is 0. The quantitative estimate of drug-likeness (QED) is 0.533. The molecule has 0 aliphatic carbocycles. The fourth-order valence-electron chi connectivity index (χ4n) is 3.92. The summed E-state index contributed by atoms with van der Waals surface area (Å²) in [5, 5.41) is 0. The molecular weight excluding hydrogens is 272 g/mol. The molecule has 1 rings (SSSR count). The lowest BCUT2D eigenvalue weighted by atomic mass is 9.98. The number of benzene rings is 1. The minimum absolute atomic E-state index is 0.571. The second-order valence-electron chi connectivity index (χ2n) is 7.59. The molecule has 0 amide bonds. The first-order chi connectivity index (χ1) is 9.62. The molecule has 0 heterocycles. The first-order valence-electron chi connectivity index (χ1n) is 8.42. The molecule has 0 aliphatic rings. The van der Waals surface area contributed by atoms with Gasteiger partial charge in [-0.2, -0.15) is 0 Å². The van der Waals surface area contributed by atoms with E-state index >= 15 is 0 Å². The smallest absolute Gasteiger partial charge is 0.258 e. The van der Waals surface area contributed by atoms with Gasteiger partial charge >= 0.3 is 0 Å². The van der Waals surface area contributed by atoms with E-state index in [4.69, 9.17) is 4.43 Å². The molecule has 0 aromatic heterocycles. The van der Waals surface area contributed by atoms with Crippen LogP contribution in [0.15, 0.2) is 18.2 Å². The normalized spacial score (nSPS) is 12.8. The summed E-state index contributed by atoms with van der Waals surface area (Å²) < 4.78 is 6.74. The van der Waals surface area contributed by atoms with Gasteiger partial charge in [0.25, 0.3) is 8.32 Å². The third kappa shape index (κ3) is 3.71. The van der Waals surface area contributed by atoms with Crippen molar-refractivity contribution in [1.82, 2.24) is 0 Å². The summed E-state index contributed by atoms with van der Waals surface area (Å²) in [6.07, 6.45) is 0. The van der Waals surface area contributed by atoms with Crippen LogP contribution in [-0.4, -0.2) is 8.32 Å². The molecule has 2 heteroatoms. The van der Waals surface area contributed by atoms with Crippen LogP contribution in [0, 0.1) is 6.92 Å². The highest BCUT2D eigenvalue weighted by atomic mass is 28.4. The first kappa shape index (κ1) is 18.3. The maximum atomic E-state index is 6.74. The van der Waals surface area contributed by atoms with E-state index in [1.807, 2.05) is 0 Å². The van der Waals surface area contributed by atoms with Crippen molar-refractivity contribution in [3.8, 4) is 5.75 Å². The third-order valence-corrected chi connectivity index (χ3v) is 10.9. The van der Waals surface area contributed by atoms with Crippen LogP contribution in [0.1, 0.15) is 72.4 Å². The van der Waals surface area contributed by atoms with E-state index in [-0.39, 0.29) is 0 Å². The van der Waals surface area contributed by atoms with Gasteiger partial charge in [-0.25, -0.2) is 0 Å².